The predicted octanol–water partition coefficient (Wildman–Crippen LogP) is 3.47. The van der Waals surface area contributed by atoms with E-state index in [0.29, 0.717) is 9.85 Å². The first-order valence-electron chi connectivity index (χ1n) is 4.37. The highest BCUT2D eigenvalue weighted by Gasteiger charge is 2.22. The molecule has 76 valence electrons. The van der Waals surface area contributed by atoms with Crippen molar-refractivity contribution in [2.75, 3.05) is 18.0 Å². The molecular weight excluding hydrogens is 331 g/mol. The van der Waals surface area contributed by atoms with E-state index >= 15 is 0 Å². The topological polar surface area (TPSA) is 16.1 Å². The molecule has 1 fully saturated rings. The van der Waals surface area contributed by atoms with Gasteiger partial charge < -0.3 is 4.90 Å². The van der Waals surface area contributed by atoms with E-state index in [9.17, 15) is 0 Å². The molecule has 0 spiro atoms. The van der Waals surface area contributed by atoms with Gasteiger partial charge in [-0.3, -0.25) is 0 Å². The summed E-state index contributed by atoms with van der Waals surface area (Å²) in [5.74, 6) is 0.886. The summed E-state index contributed by atoms with van der Waals surface area (Å²) >= 11 is 13.0. The Balaban J connectivity index is 2.24. The maximum atomic E-state index is 6.11. The first-order valence-corrected chi connectivity index (χ1v) is 6.45. The third kappa shape index (κ3) is 2.23. The monoisotopic (exact) mass is 338 g/mol. The molecule has 1 aromatic rings. The lowest BCUT2D eigenvalue weighted by molar-refractivity contribution is 0.937. The van der Waals surface area contributed by atoms with Gasteiger partial charge in [-0.05, 0) is 28.4 Å². The van der Waals surface area contributed by atoms with Gasteiger partial charge in [-0.15, -0.1) is 0 Å². The standard InChI is InChI=1S/C9H9Br2ClN2/c10-6-1-2-14(5-6)9-8(12)3-7(11)4-13-9/h3-4,6H,1-2,5H2. The summed E-state index contributed by atoms with van der Waals surface area (Å²) in [6.07, 6.45) is 2.93. The minimum absolute atomic E-state index is 0.559. The first kappa shape index (κ1) is 10.7. The smallest absolute Gasteiger partial charge is 0.147 e. The molecule has 1 unspecified atom stereocenters. The summed E-state index contributed by atoms with van der Waals surface area (Å²) in [5.41, 5.74) is 0. The SMILES string of the molecule is Clc1cc(Br)cnc1N1CCC(Br)C1. The van der Waals surface area contributed by atoms with E-state index in [2.05, 4.69) is 41.7 Å². The van der Waals surface area contributed by atoms with Crippen LogP contribution in [0.5, 0.6) is 0 Å². The lowest BCUT2D eigenvalue weighted by Crippen LogP contribution is -2.21. The summed E-state index contributed by atoms with van der Waals surface area (Å²) in [4.78, 5) is 7.08. The van der Waals surface area contributed by atoms with Gasteiger partial charge >= 0.3 is 0 Å². The third-order valence-electron chi connectivity index (χ3n) is 2.22. The Hall–Kier alpha value is 0.200. The van der Waals surface area contributed by atoms with Gasteiger partial charge in [0.05, 0.1) is 5.02 Å². The lowest BCUT2D eigenvalue weighted by atomic mass is 10.4. The molecular formula is C9H9Br2ClN2. The van der Waals surface area contributed by atoms with Crippen LogP contribution in [0.25, 0.3) is 0 Å². The van der Waals surface area contributed by atoms with Crippen molar-refractivity contribution in [1.82, 2.24) is 4.98 Å². The van der Waals surface area contributed by atoms with E-state index in [4.69, 9.17) is 11.6 Å². The largest absolute Gasteiger partial charge is 0.354 e. The molecule has 5 heteroatoms. The Morgan fingerprint density at radius 1 is 1.57 bits per heavy atom. The average molecular weight is 340 g/mol. The second-order valence-electron chi connectivity index (χ2n) is 3.29. The Bertz CT molecular complexity index is 346. The zero-order valence-electron chi connectivity index (χ0n) is 7.38. The van der Waals surface area contributed by atoms with E-state index in [0.717, 1.165) is 29.8 Å². The van der Waals surface area contributed by atoms with Crippen LogP contribution >= 0.6 is 43.5 Å². The molecule has 1 aliphatic rings. The van der Waals surface area contributed by atoms with Gasteiger partial charge in [-0.1, -0.05) is 27.5 Å². The highest BCUT2D eigenvalue weighted by Crippen LogP contribution is 2.30. The molecule has 1 aliphatic heterocycles. The molecule has 14 heavy (non-hydrogen) atoms. The minimum atomic E-state index is 0.559. The second kappa shape index (κ2) is 4.37. The van der Waals surface area contributed by atoms with Gasteiger partial charge in [-0.25, -0.2) is 4.98 Å². The zero-order chi connectivity index (χ0) is 10.1. The normalized spacial score (nSPS) is 21.6. The van der Waals surface area contributed by atoms with Crippen molar-refractivity contribution < 1.29 is 0 Å². The van der Waals surface area contributed by atoms with Crippen LogP contribution in [-0.4, -0.2) is 22.9 Å². The predicted molar refractivity (Wildman–Crippen MR) is 66.5 cm³/mol. The summed E-state index contributed by atoms with van der Waals surface area (Å²) in [7, 11) is 0. The molecule has 2 nitrogen and oxygen atoms in total. The van der Waals surface area contributed by atoms with Crippen LogP contribution in [0.3, 0.4) is 0 Å². The fourth-order valence-electron chi connectivity index (χ4n) is 1.55. The number of hydrogen-bond donors (Lipinski definition) is 0. The molecule has 2 rings (SSSR count). The highest BCUT2D eigenvalue weighted by atomic mass is 79.9. The Kier molecular flexibility index (Phi) is 3.34. The molecule has 0 N–H and O–H groups in total. The van der Waals surface area contributed by atoms with Gasteiger partial charge in [0.15, 0.2) is 0 Å². The molecule has 0 bridgehead atoms. The van der Waals surface area contributed by atoms with E-state index in [-0.39, 0.29) is 0 Å². The fourth-order valence-corrected chi connectivity index (χ4v) is 2.85. The van der Waals surface area contributed by atoms with Crippen LogP contribution < -0.4 is 4.90 Å². The van der Waals surface area contributed by atoms with Crippen LogP contribution in [0.2, 0.25) is 5.02 Å². The fraction of sp³-hybridized carbons (Fsp3) is 0.444. The van der Waals surface area contributed by atoms with Crippen LogP contribution in [0.15, 0.2) is 16.7 Å². The third-order valence-corrected chi connectivity index (χ3v) is 3.68. The van der Waals surface area contributed by atoms with Gasteiger partial charge in [0.2, 0.25) is 0 Å². The van der Waals surface area contributed by atoms with Crippen molar-refractivity contribution in [3.05, 3.63) is 21.8 Å². The number of alkyl halides is 1. The second-order valence-corrected chi connectivity index (χ2v) is 5.91. The molecule has 0 aromatic carbocycles. The van der Waals surface area contributed by atoms with Crippen molar-refractivity contribution in [2.45, 2.75) is 11.2 Å². The number of rotatable bonds is 1. The van der Waals surface area contributed by atoms with Crippen molar-refractivity contribution in [1.29, 1.82) is 0 Å². The van der Waals surface area contributed by atoms with Crippen LogP contribution in [-0.2, 0) is 0 Å². The number of pyridine rings is 1. The number of halogens is 3. The quantitative estimate of drug-likeness (QED) is 0.728. The van der Waals surface area contributed by atoms with Gasteiger partial charge in [0, 0.05) is 28.6 Å². The Morgan fingerprint density at radius 2 is 2.36 bits per heavy atom. The molecule has 2 heterocycles. The minimum Gasteiger partial charge on any atom is -0.354 e. The number of anilines is 1. The summed E-state index contributed by atoms with van der Waals surface area (Å²) in [5, 5.41) is 0.709. The van der Waals surface area contributed by atoms with E-state index in [1.165, 1.54) is 0 Å². The molecule has 0 radical (unpaired) electrons. The zero-order valence-corrected chi connectivity index (χ0v) is 11.3. The van der Waals surface area contributed by atoms with Crippen molar-refractivity contribution in [2.24, 2.45) is 0 Å². The Labute approximate surface area is 105 Å². The lowest BCUT2D eigenvalue weighted by Gasteiger charge is -2.17. The first-order chi connectivity index (χ1) is 6.66. The van der Waals surface area contributed by atoms with E-state index in [1.54, 1.807) is 6.20 Å². The molecule has 0 aliphatic carbocycles. The van der Waals surface area contributed by atoms with Crippen molar-refractivity contribution in [3.63, 3.8) is 0 Å². The molecule has 0 amide bonds. The summed E-state index contributed by atoms with van der Waals surface area (Å²) < 4.78 is 0.917. The van der Waals surface area contributed by atoms with Gasteiger partial charge in [0.1, 0.15) is 5.82 Å². The van der Waals surface area contributed by atoms with Crippen LogP contribution in [0, 0.1) is 0 Å². The maximum absolute atomic E-state index is 6.11. The maximum Gasteiger partial charge on any atom is 0.147 e. The van der Waals surface area contributed by atoms with Gasteiger partial charge in [0.25, 0.3) is 0 Å². The summed E-state index contributed by atoms with van der Waals surface area (Å²) in [6.45, 7) is 2.00. The highest BCUT2D eigenvalue weighted by molar-refractivity contribution is 9.10. The van der Waals surface area contributed by atoms with Crippen LogP contribution in [0.1, 0.15) is 6.42 Å². The van der Waals surface area contributed by atoms with E-state index in [1.807, 2.05) is 6.07 Å². The van der Waals surface area contributed by atoms with Crippen LogP contribution in [0.4, 0.5) is 5.82 Å². The number of aromatic nitrogens is 1. The van der Waals surface area contributed by atoms with Crippen molar-refractivity contribution >= 4 is 49.3 Å². The molecule has 1 atom stereocenters. The number of hydrogen-bond acceptors (Lipinski definition) is 2. The number of nitrogens with zero attached hydrogens (tertiary/aromatic N) is 2. The molecule has 1 aromatic heterocycles. The molecule has 1 saturated heterocycles. The van der Waals surface area contributed by atoms with Gasteiger partial charge in [-0.2, -0.15) is 0 Å². The Morgan fingerprint density at radius 3 is 2.93 bits per heavy atom. The average Bonchev–Trinajstić information content (AvgIpc) is 2.51. The molecule has 0 saturated carbocycles. The summed E-state index contributed by atoms with van der Waals surface area (Å²) in [6, 6.07) is 1.88. The van der Waals surface area contributed by atoms with Crippen molar-refractivity contribution in [3.8, 4) is 0 Å². The van der Waals surface area contributed by atoms with E-state index < -0.39 is 0 Å².